The van der Waals surface area contributed by atoms with Crippen molar-refractivity contribution in [3.63, 3.8) is 0 Å². The summed E-state index contributed by atoms with van der Waals surface area (Å²) < 4.78 is 5.54. The lowest BCUT2D eigenvalue weighted by Gasteiger charge is -2.08. The van der Waals surface area contributed by atoms with E-state index in [-0.39, 0.29) is 5.91 Å². The first-order valence-corrected chi connectivity index (χ1v) is 7.25. The standard InChI is InChI=1S/C18H21NO2/c1-3-11-21-17-6-4-5-16(12-17)18(20)19-13-15-9-7-14(2)8-10-15/h4-10,12H,3,11,13H2,1-2H3,(H,19,20). The van der Waals surface area contributed by atoms with Gasteiger partial charge in [0.25, 0.3) is 5.91 Å². The van der Waals surface area contributed by atoms with E-state index < -0.39 is 0 Å². The Kier molecular flexibility index (Phi) is 5.38. The molecule has 0 saturated carbocycles. The Balaban J connectivity index is 1.95. The average Bonchev–Trinajstić information content (AvgIpc) is 2.52. The van der Waals surface area contributed by atoms with Crippen molar-refractivity contribution in [1.29, 1.82) is 0 Å². The Morgan fingerprint density at radius 1 is 1.14 bits per heavy atom. The zero-order chi connectivity index (χ0) is 15.1. The summed E-state index contributed by atoms with van der Waals surface area (Å²) in [7, 11) is 0. The maximum atomic E-state index is 12.1. The summed E-state index contributed by atoms with van der Waals surface area (Å²) in [5.74, 6) is 0.650. The third kappa shape index (κ3) is 4.63. The van der Waals surface area contributed by atoms with Crippen LogP contribution in [0.25, 0.3) is 0 Å². The molecule has 21 heavy (non-hydrogen) atoms. The topological polar surface area (TPSA) is 38.3 Å². The molecule has 0 atom stereocenters. The second-order valence-electron chi connectivity index (χ2n) is 5.04. The second-order valence-corrected chi connectivity index (χ2v) is 5.04. The van der Waals surface area contributed by atoms with Crippen LogP contribution >= 0.6 is 0 Å². The summed E-state index contributed by atoms with van der Waals surface area (Å²) in [6.07, 6.45) is 0.948. The minimum atomic E-state index is -0.0856. The summed E-state index contributed by atoms with van der Waals surface area (Å²) in [6, 6.07) is 15.4. The van der Waals surface area contributed by atoms with E-state index in [0.29, 0.717) is 18.7 Å². The van der Waals surface area contributed by atoms with E-state index in [4.69, 9.17) is 4.74 Å². The number of carbonyl (C=O) groups is 1. The van der Waals surface area contributed by atoms with Gasteiger partial charge in [-0.25, -0.2) is 0 Å². The normalized spacial score (nSPS) is 10.2. The maximum Gasteiger partial charge on any atom is 0.251 e. The van der Waals surface area contributed by atoms with Gasteiger partial charge in [0.1, 0.15) is 5.75 Å². The highest BCUT2D eigenvalue weighted by atomic mass is 16.5. The van der Waals surface area contributed by atoms with Crippen molar-refractivity contribution in [3.05, 3.63) is 65.2 Å². The molecule has 0 saturated heterocycles. The number of nitrogens with one attached hydrogen (secondary N) is 1. The van der Waals surface area contributed by atoms with Gasteiger partial charge in [-0.3, -0.25) is 4.79 Å². The largest absolute Gasteiger partial charge is 0.494 e. The fourth-order valence-electron chi connectivity index (χ4n) is 1.94. The Bertz CT molecular complexity index is 590. The van der Waals surface area contributed by atoms with Gasteiger partial charge in [-0.1, -0.05) is 42.8 Å². The molecule has 0 radical (unpaired) electrons. The van der Waals surface area contributed by atoms with Crippen LogP contribution in [0.15, 0.2) is 48.5 Å². The van der Waals surface area contributed by atoms with Crippen LogP contribution in [0.2, 0.25) is 0 Å². The highest BCUT2D eigenvalue weighted by Crippen LogP contribution is 2.13. The van der Waals surface area contributed by atoms with Crippen LogP contribution in [0.3, 0.4) is 0 Å². The van der Waals surface area contributed by atoms with Crippen molar-refractivity contribution in [1.82, 2.24) is 5.32 Å². The van der Waals surface area contributed by atoms with Crippen LogP contribution in [-0.4, -0.2) is 12.5 Å². The van der Waals surface area contributed by atoms with Gasteiger partial charge in [0, 0.05) is 12.1 Å². The van der Waals surface area contributed by atoms with E-state index in [9.17, 15) is 4.79 Å². The van der Waals surface area contributed by atoms with Crippen LogP contribution in [0.5, 0.6) is 5.75 Å². The molecule has 2 aromatic rings. The maximum absolute atomic E-state index is 12.1. The number of hydrogen-bond acceptors (Lipinski definition) is 2. The predicted octanol–water partition coefficient (Wildman–Crippen LogP) is 3.71. The molecule has 0 aliphatic rings. The smallest absolute Gasteiger partial charge is 0.251 e. The number of benzene rings is 2. The number of aryl methyl sites for hydroxylation is 1. The number of amides is 1. The van der Waals surface area contributed by atoms with Crippen LogP contribution in [0.1, 0.15) is 34.8 Å². The lowest BCUT2D eigenvalue weighted by molar-refractivity contribution is 0.0950. The number of ether oxygens (including phenoxy) is 1. The molecule has 0 aliphatic heterocycles. The van der Waals surface area contributed by atoms with E-state index in [0.717, 1.165) is 17.7 Å². The lowest BCUT2D eigenvalue weighted by atomic mass is 10.1. The van der Waals surface area contributed by atoms with Crippen molar-refractivity contribution in [2.75, 3.05) is 6.61 Å². The molecule has 2 aromatic carbocycles. The fraction of sp³-hybridized carbons (Fsp3) is 0.278. The molecule has 0 fully saturated rings. The molecule has 3 nitrogen and oxygen atoms in total. The van der Waals surface area contributed by atoms with Crippen molar-refractivity contribution in [3.8, 4) is 5.75 Å². The molecule has 1 amide bonds. The third-order valence-corrected chi connectivity index (χ3v) is 3.14. The van der Waals surface area contributed by atoms with Gasteiger partial charge >= 0.3 is 0 Å². The molecule has 3 heteroatoms. The van der Waals surface area contributed by atoms with Crippen LogP contribution in [-0.2, 0) is 6.54 Å². The quantitative estimate of drug-likeness (QED) is 0.877. The molecule has 0 heterocycles. The number of carbonyl (C=O) groups excluding carboxylic acids is 1. The van der Waals surface area contributed by atoms with Crippen molar-refractivity contribution >= 4 is 5.91 Å². The van der Waals surface area contributed by atoms with Crippen molar-refractivity contribution in [2.24, 2.45) is 0 Å². The van der Waals surface area contributed by atoms with E-state index in [1.807, 2.05) is 43.3 Å². The van der Waals surface area contributed by atoms with Crippen molar-refractivity contribution in [2.45, 2.75) is 26.8 Å². The first-order chi connectivity index (χ1) is 10.2. The first kappa shape index (κ1) is 15.1. The lowest BCUT2D eigenvalue weighted by Crippen LogP contribution is -2.22. The number of rotatable bonds is 6. The zero-order valence-electron chi connectivity index (χ0n) is 12.6. The van der Waals surface area contributed by atoms with Gasteiger partial charge in [0.15, 0.2) is 0 Å². The van der Waals surface area contributed by atoms with Gasteiger partial charge in [-0.2, -0.15) is 0 Å². The van der Waals surface area contributed by atoms with Gasteiger partial charge < -0.3 is 10.1 Å². The minimum Gasteiger partial charge on any atom is -0.494 e. The van der Waals surface area contributed by atoms with Crippen LogP contribution in [0.4, 0.5) is 0 Å². The second kappa shape index (κ2) is 7.48. The Hall–Kier alpha value is -2.29. The molecule has 0 unspecified atom stereocenters. The zero-order valence-corrected chi connectivity index (χ0v) is 12.6. The van der Waals surface area contributed by atoms with E-state index in [1.165, 1.54) is 5.56 Å². The average molecular weight is 283 g/mol. The molecule has 0 bridgehead atoms. The van der Waals surface area contributed by atoms with Gasteiger partial charge in [0.2, 0.25) is 0 Å². The fourth-order valence-corrected chi connectivity index (χ4v) is 1.94. The molecule has 1 N–H and O–H groups in total. The van der Waals surface area contributed by atoms with Crippen LogP contribution < -0.4 is 10.1 Å². The van der Waals surface area contributed by atoms with Gasteiger partial charge in [-0.15, -0.1) is 0 Å². The number of hydrogen-bond donors (Lipinski definition) is 1. The molecule has 0 aromatic heterocycles. The monoisotopic (exact) mass is 283 g/mol. The van der Waals surface area contributed by atoms with E-state index in [2.05, 4.69) is 12.2 Å². The van der Waals surface area contributed by atoms with E-state index in [1.54, 1.807) is 12.1 Å². The van der Waals surface area contributed by atoms with Crippen LogP contribution in [0, 0.1) is 6.92 Å². The van der Waals surface area contributed by atoms with Gasteiger partial charge in [0.05, 0.1) is 6.61 Å². The predicted molar refractivity (Wildman–Crippen MR) is 84.6 cm³/mol. The SMILES string of the molecule is CCCOc1cccc(C(=O)NCc2ccc(C)cc2)c1. The highest BCUT2D eigenvalue weighted by Gasteiger charge is 2.06. The summed E-state index contributed by atoms with van der Waals surface area (Å²) in [4.78, 5) is 12.1. The molecule has 2 rings (SSSR count). The minimum absolute atomic E-state index is 0.0856. The Morgan fingerprint density at radius 3 is 2.62 bits per heavy atom. The van der Waals surface area contributed by atoms with Gasteiger partial charge in [-0.05, 0) is 37.1 Å². The van der Waals surface area contributed by atoms with Crippen molar-refractivity contribution < 1.29 is 9.53 Å². The van der Waals surface area contributed by atoms with E-state index >= 15 is 0 Å². The third-order valence-electron chi connectivity index (χ3n) is 3.14. The molecule has 110 valence electrons. The Morgan fingerprint density at radius 2 is 1.90 bits per heavy atom. The molecule has 0 spiro atoms. The summed E-state index contributed by atoms with van der Waals surface area (Å²) in [6.45, 7) is 5.29. The molecular formula is C18H21NO2. The summed E-state index contributed by atoms with van der Waals surface area (Å²) in [5.41, 5.74) is 2.92. The summed E-state index contributed by atoms with van der Waals surface area (Å²) >= 11 is 0. The first-order valence-electron chi connectivity index (χ1n) is 7.25. The summed E-state index contributed by atoms with van der Waals surface area (Å²) in [5, 5.41) is 2.92. The Labute approximate surface area is 126 Å². The molecule has 0 aliphatic carbocycles. The highest BCUT2D eigenvalue weighted by molar-refractivity contribution is 5.94. The molecular weight excluding hydrogens is 262 g/mol.